The summed E-state index contributed by atoms with van der Waals surface area (Å²) in [6.07, 6.45) is 0.608. The molecule has 0 unspecified atom stereocenters. The van der Waals surface area contributed by atoms with Gasteiger partial charge in [-0.2, -0.15) is 0 Å². The Balaban J connectivity index is 2.83. The van der Waals surface area contributed by atoms with Crippen LogP contribution in [-0.4, -0.2) is 13.2 Å². The number of halogens is 1. The van der Waals surface area contributed by atoms with Crippen molar-refractivity contribution >= 4 is 0 Å². The van der Waals surface area contributed by atoms with E-state index in [0.29, 0.717) is 18.9 Å². The molecular formula is C5H12FN. The lowest BCUT2D eigenvalue weighted by Crippen LogP contribution is -2.10. The molecule has 0 aliphatic rings. The van der Waals surface area contributed by atoms with Crippen molar-refractivity contribution in [2.45, 2.75) is 13.3 Å². The predicted octanol–water partition coefficient (Wildman–Crippen LogP) is 0.941. The SMILES string of the molecule is C[C@H](CN)CCF. The van der Waals surface area contributed by atoms with E-state index in [2.05, 4.69) is 0 Å². The smallest absolute Gasteiger partial charge is 0.0897 e. The molecule has 44 valence electrons. The van der Waals surface area contributed by atoms with Crippen molar-refractivity contribution in [2.24, 2.45) is 11.7 Å². The Labute approximate surface area is 43.7 Å². The summed E-state index contributed by atoms with van der Waals surface area (Å²) < 4.78 is 11.4. The van der Waals surface area contributed by atoms with Gasteiger partial charge < -0.3 is 5.73 Å². The molecule has 7 heavy (non-hydrogen) atoms. The minimum Gasteiger partial charge on any atom is -0.330 e. The summed E-state index contributed by atoms with van der Waals surface area (Å²) in [5.74, 6) is 0.352. The van der Waals surface area contributed by atoms with Gasteiger partial charge in [-0.05, 0) is 18.9 Å². The Morgan fingerprint density at radius 1 is 1.71 bits per heavy atom. The standard InChI is InChI=1S/C5H12FN/c1-5(4-7)2-3-6/h5H,2-4,7H2,1H3/t5-/m0/s1. The molecule has 0 aromatic heterocycles. The molecule has 0 radical (unpaired) electrons. The summed E-state index contributed by atoms with van der Waals surface area (Å²) in [5.41, 5.74) is 5.19. The Bertz CT molecular complexity index is 39.1. The molecule has 0 spiro atoms. The largest absolute Gasteiger partial charge is 0.330 e. The van der Waals surface area contributed by atoms with Gasteiger partial charge in [-0.3, -0.25) is 4.39 Å². The van der Waals surface area contributed by atoms with Gasteiger partial charge >= 0.3 is 0 Å². The summed E-state index contributed by atoms with van der Waals surface area (Å²) in [7, 11) is 0. The minimum atomic E-state index is -0.238. The highest BCUT2D eigenvalue weighted by Crippen LogP contribution is 1.96. The van der Waals surface area contributed by atoms with E-state index < -0.39 is 0 Å². The molecule has 0 aliphatic heterocycles. The molecule has 0 saturated heterocycles. The number of rotatable bonds is 3. The average molecular weight is 105 g/mol. The average Bonchev–Trinajstić information content (AvgIpc) is 1.68. The molecule has 0 fully saturated rings. The first kappa shape index (κ1) is 6.89. The zero-order chi connectivity index (χ0) is 5.70. The zero-order valence-corrected chi connectivity index (χ0v) is 4.65. The second-order valence-electron chi connectivity index (χ2n) is 1.82. The molecule has 1 atom stereocenters. The Hall–Kier alpha value is -0.110. The van der Waals surface area contributed by atoms with Gasteiger partial charge in [-0.25, -0.2) is 0 Å². The van der Waals surface area contributed by atoms with E-state index in [0.717, 1.165) is 0 Å². The molecule has 0 bridgehead atoms. The Kier molecular flexibility index (Phi) is 4.00. The van der Waals surface area contributed by atoms with Crippen molar-refractivity contribution in [3.05, 3.63) is 0 Å². The molecule has 0 saturated carbocycles. The number of alkyl halides is 1. The second kappa shape index (κ2) is 4.06. The topological polar surface area (TPSA) is 26.0 Å². The van der Waals surface area contributed by atoms with Crippen LogP contribution in [0.15, 0.2) is 0 Å². The van der Waals surface area contributed by atoms with Gasteiger partial charge in [0.25, 0.3) is 0 Å². The van der Waals surface area contributed by atoms with E-state index in [4.69, 9.17) is 5.73 Å². The van der Waals surface area contributed by atoms with Gasteiger partial charge in [0, 0.05) is 0 Å². The van der Waals surface area contributed by atoms with Crippen LogP contribution < -0.4 is 5.73 Å². The lowest BCUT2D eigenvalue weighted by atomic mass is 10.1. The molecule has 0 aromatic rings. The second-order valence-corrected chi connectivity index (χ2v) is 1.82. The number of nitrogens with two attached hydrogens (primary N) is 1. The predicted molar refractivity (Wildman–Crippen MR) is 28.8 cm³/mol. The molecule has 2 N–H and O–H groups in total. The molecule has 0 aliphatic carbocycles. The van der Waals surface area contributed by atoms with Crippen LogP contribution in [0.3, 0.4) is 0 Å². The van der Waals surface area contributed by atoms with Crippen LogP contribution in [0.5, 0.6) is 0 Å². The van der Waals surface area contributed by atoms with Crippen molar-refractivity contribution in [3.63, 3.8) is 0 Å². The first-order valence-electron chi connectivity index (χ1n) is 2.57. The molecule has 0 aromatic carbocycles. The van der Waals surface area contributed by atoms with Crippen molar-refractivity contribution in [3.8, 4) is 0 Å². The first-order chi connectivity index (χ1) is 3.31. The van der Waals surface area contributed by atoms with Gasteiger partial charge in [0.2, 0.25) is 0 Å². The maximum Gasteiger partial charge on any atom is 0.0897 e. The molecule has 1 nitrogen and oxygen atoms in total. The third-order valence-electron chi connectivity index (χ3n) is 1.00. The molecule has 0 amide bonds. The van der Waals surface area contributed by atoms with Gasteiger partial charge in [0.05, 0.1) is 6.67 Å². The van der Waals surface area contributed by atoms with Gasteiger partial charge in [-0.15, -0.1) is 0 Å². The van der Waals surface area contributed by atoms with Crippen LogP contribution in [-0.2, 0) is 0 Å². The van der Waals surface area contributed by atoms with Crippen LogP contribution in [0, 0.1) is 5.92 Å². The van der Waals surface area contributed by atoms with E-state index in [9.17, 15) is 4.39 Å². The Morgan fingerprint density at radius 3 is 2.43 bits per heavy atom. The van der Waals surface area contributed by atoms with E-state index in [1.807, 2.05) is 6.92 Å². The fourth-order valence-corrected chi connectivity index (χ4v) is 0.304. The highest BCUT2D eigenvalue weighted by atomic mass is 19.1. The third-order valence-corrected chi connectivity index (χ3v) is 1.00. The van der Waals surface area contributed by atoms with E-state index in [1.165, 1.54) is 0 Å². The zero-order valence-electron chi connectivity index (χ0n) is 4.65. The van der Waals surface area contributed by atoms with Crippen LogP contribution in [0.4, 0.5) is 4.39 Å². The summed E-state index contributed by atoms with van der Waals surface area (Å²) >= 11 is 0. The lowest BCUT2D eigenvalue weighted by molar-refractivity contribution is 0.408. The minimum absolute atomic E-state index is 0.238. The number of hydrogen-bond acceptors (Lipinski definition) is 1. The third kappa shape index (κ3) is 3.73. The van der Waals surface area contributed by atoms with Crippen molar-refractivity contribution in [2.75, 3.05) is 13.2 Å². The first-order valence-corrected chi connectivity index (χ1v) is 2.57. The lowest BCUT2D eigenvalue weighted by Gasteiger charge is -2.01. The van der Waals surface area contributed by atoms with Crippen LogP contribution in [0.1, 0.15) is 13.3 Å². The van der Waals surface area contributed by atoms with Crippen molar-refractivity contribution in [1.82, 2.24) is 0 Å². The molecule has 0 rings (SSSR count). The van der Waals surface area contributed by atoms with Crippen LogP contribution in [0.25, 0.3) is 0 Å². The quantitative estimate of drug-likeness (QED) is 0.568. The van der Waals surface area contributed by atoms with E-state index in [1.54, 1.807) is 0 Å². The molecule has 2 heteroatoms. The molecular weight excluding hydrogens is 93.1 g/mol. The molecule has 0 heterocycles. The maximum absolute atomic E-state index is 11.4. The van der Waals surface area contributed by atoms with Crippen molar-refractivity contribution < 1.29 is 4.39 Å². The van der Waals surface area contributed by atoms with Crippen LogP contribution >= 0.6 is 0 Å². The van der Waals surface area contributed by atoms with Gasteiger partial charge in [-0.1, -0.05) is 6.92 Å². The highest BCUT2D eigenvalue weighted by Gasteiger charge is 1.94. The van der Waals surface area contributed by atoms with Gasteiger partial charge in [0.1, 0.15) is 0 Å². The summed E-state index contributed by atoms with van der Waals surface area (Å²) in [5, 5.41) is 0. The monoisotopic (exact) mass is 105 g/mol. The highest BCUT2D eigenvalue weighted by molar-refractivity contribution is 4.49. The Morgan fingerprint density at radius 2 is 2.29 bits per heavy atom. The maximum atomic E-state index is 11.4. The summed E-state index contributed by atoms with van der Waals surface area (Å²) in [4.78, 5) is 0. The van der Waals surface area contributed by atoms with Gasteiger partial charge in [0.15, 0.2) is 0 Å². The fraction of sp³-hybridized carbons (Fsp3) is 1.00. The summed E-state index contributed by atoms with van der Waals surface area (Å²) in [6.45, 7) is 2.31. The van der Waals surface area contributed by atoms with Crippen LogP contribution in [0.2, 0.25) is 0 Å². The fourth-order valence-electron chi connectivity index (χ4n) is 0.304. The van der Waals surface area contributed by atoms with E-state index >= 15 is 0 Å². The normalized spacial score (nSPS) is 14.1. The number of hydrogen-bond donors (Lipinski definition) is 1. The summed E-state index contributed by atoms with van der Waals surface area (Å²) in [6, 6.07) is 0. The van der Waals surface area contributed by atoms with Crippen molar-refractivity contribution in [1.29, 1.82) is 0 Å². The van der Waals surface area contributed by atoms with E-state index in [-0.39, 0.29) is 6.67 Å².